The molecular formula is C16H23N. The zero-order valence-corrected chi connectivity index (χ0v) is 11.9. The third-order valence-electron chi connectivity index (χ3n) is 3.23. The van der Waals surface area contributed by atoms with Crippen molar-refractivity contribution < 1.29 is 0 Å². The second kappa shape index (κ2) is 3.90. The molecule has 1 aromatic heterocycles. The molecule has 0 fully saturated rings. The second-order valence-corrected chi connectivity index (χ2v) is 6.48. The summed E-state index contributed by atoms with van der Waals surface area (Å²) in [5.41, 5.74) is 5.93. The van der Waals surface area contributed by atoms with E-state index in [2.05, 4.69) is 64.6 Å². The topological polar surface area (TPSA) is 4.93 Å². The molecule has 0 saturated carbocycles. The van der Waals surface area contributed by atoms with E-state index in [-0.39, 0.29) is 0 Å². The number of benzene rings is 1. The summed E-state index contributed by atoms with van der Waals surface area (Å²) in [4.78, 5) is 0. The third kappa shape index (κ3) is 2.38. The van der Waals surface area contributed by atoms with Crippen molar-refractivity contribution in [1.29, 1.82) is 0 Å². The Hall–Kier alpha value is -1.24. The van der Waals surface area contributed by atoms with E-state index < -0.39 is 0 Å². The van der Waals surface area contributed by atoms with Gasteiger partial charge in [-0.3, -0.25) is 0 Å². The van der Waals surface area contributed by atoms with Crippen LogP contribution in [0, 0.1) is 19.3 Å². The molecule has 1 aromatic carbocycles. The Balaban J connectivity index is 2.66. The minimum absolute atomic E-state index is 0.339. The van der Waals surface area contributed by atoms with Gasteiger partial charge in [0, 0.05) is 24.1 Å². The third-order valence-corrected chi connectivity index (χ3v) is 3.23. The predicted molar refractivity (Wildman–Crippen MR) is 75.6 cm³/mol. The van der Waals surface area contributed by atoms with Gasteiger partial charge in [0.2, 0.25) is 0 Å². The summed E-state index contributed by atoms with van der Waals surface area (Å²) in [5, 5.41) is 1.45. The Morgan fingerprint density at radius 2 is 1.76 bits per heavy atom. The highest BCUT2D eigenvalue weighted by molar-refractivity contribution is 5.87. The zero-order valence-electron chi connectivity index (χ0n) is 11.9. The Morgan fingerprint density at radius 1 is 1.12 bits per heavy atom. The van der Waals surface area contributed by atoms with Crippen LogP contribution in [-0.2, 0) is 13.5 Å². The molecule has 0 radical (unpaired) electrons. The summed E-state index contributed by atoms with van der Waals surface area (Å²) in [6.45, 7) is 11.3. The first kappa shape index (κ1) is 12.2. The number of aryl methyl sites for hydroxylation is 3. The molecule has 0 saturated heterocycles. The van der Waals surface area contributed by atoms with Crippen molar-refractivity contribution in [1.82, 2.24) is 4.57 Å². The monoisotopic (exact) mass is 229 g/mol. The smallest absolute Gasteiger partial charge is 0.0485 e. The minimum Gasteiger partial charge on any atom is -0.350 e. The summed E-state index contributed by atoms with van der Waals surface area (Å²) in [6, 6.07) is 4.57. The van der Waals surface area contributed by atoms with Gasteiger partial charge in [-0.15, -0.1) is 0 Å². The second-order valence-electron chi connectivity index (χ2n) is 6.48. The number of fused-ring (bicyclic) bond motifs is 1. The lowest BCUT2D eigenvalue weighted by atomic mass is 9.87. The van der Waals surface area contributed by atoms with Gasteiger partial charge < -0.3 is 4.57 Å². The molecule has 0 bridgehead atoms. The molecular weight excluding hydrogens is 206 g/mol. The lowest BCUT2D eigenvalue weighted by Crippen LogP contribution is -2.08. The highest BCUT2D eigenvalue weighted by Gasteiger charge is 2.16. The van der Waals surface area contributed by atoms with Crippen LogP contribution in [0.5, 0.6) is 0 Å². The maximum absolute atomic E-state index is 2.30. The lowest BCUT2D eigenvalue weighted by Gasteiger charge is -2.17. The number of nitrogens with zero attached hydrogens (tertiary/aromatic N) is 1. The Labute approximate surface area is 104 Å². The van der Waals surface area contributed by atoms with Crippen LogP contribution in [0.4, 0.5) is 0 Å². The van der Waals surface area contributed by atoms with Crippen LogP contribution in [0.25, 0.3) is 10.9 Å². The largest absolute Gasteiger partial charge is 0.350 e. The van der Waals surface area contributed by atoms with E-state index in [0.717, 1.165) is 6.42 Å². The standard InChI is InChI=1S/C16H23N/c1-11-7-12(2)15-13(9-16(3,4)5)10-17(6)14(15)8-11/h7-8,10H,9H2,1-6H3. The lowest BCUT2D eigenvalue weighted by molar-refractivity contribution is 0.412. The molecule has 1 heteroatoms. The van der Waals surface area contributed by atoms with Crippen LogP contribution in [-0.4, -0.2) is 4.57 Å². The SMILES string of the molecule is Cc1cc(C)c2c(CC(C)(C)C)cn(C)c2c1. The van der Waals surface area contributed by atoms with Gasteiger partial charge in [0.1, 0.15) is 0 Å². The van der Waals surface area contributed by atoms with E-state index in [1.54, 1.807) is 0 Å². The number of aromatic nitrogens is 1. The van der Waals surface area contributed by atoms with E-state index in [4.69, 9.17) is 0 Å². The van der Waals surface area contributed by atoms with Gasteiger partial charge >= 0.3 is 0 Å². The van der Waals surface area contributed by atoms with Crippen molar-refractivity contribution >= 4 is 10.9 Å². The van der Waals surface area contributed by atoms with Crippen molar-refractivity contribution in [3.63, 3.8) is 0 Å². The van der Waals surface area contributed by atoms with Crippen molar-refractivity contribution in [2.45, 2.75) is 41.0 Å². The van der Waals surface area contributed by atoms with Crippen LogP contribution in [0.2, 0.25) is 0 Å². The normalized spacial score (nSPS) is 12.4. The van der Waals surface area contributed by atoms with Crippen molar-refractivity contribution in [3.8, 4) is 0 Å². The molecule has 0 atom stereocenters. The van der Waals surface area contributed by atoms with Crippen LogP contribution in [0.1, 0.15) is 37.5 Å². The van der Waals surface area contributed by atoms with Gasteiger partial charge in [0.15, 0.2) is 0 Å². The first-order chi connectivity index (χ1) is 7.78. The molecule has 0 N–H and O–H groups in total. The Kier molecular flexibility index (Phi) is 2.81. The molecule has 92 valence electrons. The Morgan fingerprint density at radius 3 is 2.35 bits per heavy atom. The van der Waals surface area contributed by atoms with Gasteiger partial charge in [0.25, 0.3) is 0 Å². The molecule has 0 unspecified atom stereocenters. The number of rotatable bonds is 1. The molecule has 17 heavy (non-hydrogen) atoms. The summed E-state index contributed by atoms with van der Waals surface area (Å²) in [6.07, 6.45) is 3.43. The summed E-state index contributed by atoms with van der Waals surface area (Å²) >= 11 is 0. The Bertz CT molecular complexity index is 553. The molecule has 0 aliphatic heterocycles. The van der Waals surface area contributed by atoms with Crippen LogP contribution >= 0.6 is 0 Å². The van der Waals surface area contributed by atoms with Crippen molar-refractivity contribution in [3.05, 3.63) is 35.0 Å². The maximum Gasteiger partial charge on any atom is 0.0485 e. The summed E-state index contributed by atoms with van der Waals surface area (Å²) < 4.78 is 2.26. The molecule has 1 nitrogen and oxygen atoms in total. The minimum atomic E-state index is 0.339. The van der Waals surface area contributed by atoms with Crippen LogP contribution in [0.15, 0.2) is 18.3 Å². The molecule has 0 aliphatic rings. The number of hydrogen-bond acceptors (Lipinski definition) is 0. The van der Waals surface area contributed by atoms with E-state index >= 15 is 0 Å². The predicted octanol–water partition coefficient (Wildman–Crippen LogP) is 4.38. The van der Waals surface area contributed by atoms with Crippen LogP contribution < -0.4 is 0 Å². The van der Waals surface area contributed by atoms with Crippen LogP contribution in [0.3, 0.4) is 0 Å². The van der Waals surface area contributed by atoms with E-state index in [9.17, 15) is 0 Å². The quantitative estimate of drug-likeness (QED) is 0.683. The summed E-state index contributed by atoms with van der Waals surface area (Å²) in [7, 11) is 2.15. The highest BCUT2D eigenvalue weighted by atomic mass is 14.9. The average molecular weight is 229 g/mol. The van der Waals surface area contributed by atoms with Crippen molar-refractivity contribution in [2.24, 2.45) is 12.5 Å². The average Bonchev–Trinajstić information content (AvgIpc) is 2.39. The molecule has 0 aliphatic carbocycles. The van der Waals surface area contributed by atoms with E-state index in [1.807, 2.05) is 0 Å². The van der Waals surface area contributed by atoms with Gasteiger partial charge in [-0.05, 0) is 48.4 Å². The van der Waals surface area contributed by atoms with E-state index in [1.165, 1.54) is 27.6 Å². The first-order valence-electron chi connectivity index (χ1n) is 6.33. The zero-order chi connectivity index (χ0) is 12.8. The highest BCUT2D eigenvalue weighted by Crippen LogP contribution is 2.30. The maximum atomic E-state index is 2.30. The van der Waals surface area contributed by atoms with Crippen molar-refractivity contribution in [2.75, 3.05) is 0 Å². The van der Waals surface area contributed by atoms with Gasteiger partial charge in [0.05, 0.1) is 0 Å². The molecule has 1 heterocycles. The molecule has 2 aromatic rings. The molecule has 0 amide bonds. The van der Waals surface area contributed by atoms with Gasteiger partial charge in [-0.1, -0.05) is 26.8 Å². The molecule has 2 rings (SSSR count). The molecule has 0 spiro atoms. The van der Waals surface area contributed by atoms with Gasteiger partial charge in [-0.25, -0.2) is 0 Å². The number of hydrogen-bond donors (Lipinski definition) is 0. The van der Waals surface area contributed by atoms with Gasteiger partial charge in [-0.2, -0.15) is 0 Å². The fraction of sp³-hybridized carbons (Fsp3) is 0.500. The fourth-order valence-electron chi connectivity index (χ4n) is 2.71. The fourth-order valence-corrected chi connectivity index (χ4v) is 2.71. The first-order valence-corrected chi connectivity index (χ1v) is 6.33. The van der Waals surface area contributed by atoms with E-state index in [0.29, 0.717) is 5.41 Å². The summed E-state index contributed by atoms with van der Waals surface area (Å²) in [5.74, 6) is 0.